The first kappa shape index (κ1) is 12.0. The first-order valence-electron chi connectivity index (χ1n) is 6.13. The molecule has 19 heavy (non-hydrogen) atoms. The van der Waals surface area contributed by atoms with Gasteiger partial charge in [-0.3, -0.25) is 4.79 Å². The van der Waals surface area contributed by atoms with E-state index in [1.165, 1.54) is 6.20 Å². The lowest BCUT2D eigenvalue weighted by Gasteiger charge is -2.07. The van der Waals surface area contributed by atoms with Gasteiger partial charge < -0.3 is 0 Å². The molecule has 0 aliphatic rings. The summed E-state index contributed by atoms with van der Waals surface area (Å²) in [5.41, 5.74) is 2.77. The molecule has 3 aromatic rings. The number of thiazole rings is 1. The zero-order valence-corrected chi connectivity index (χ0v) is 11.6. The molecule has 0 fully saturated rings. The van der Waals surface area contributed by atoms with Crippen LogP contribution in [-0.4, -0.2) is 14.8 Å². The third-order valence-electron chi connectivity index (χ3n) is 3.10. The third kappa shape index (κ3) is 1.96. The zero-order chi connectivity index (χ0) is 13.4. The SMILES string of the molecule is CCc1csc(-n2ncc(=O)c3c(C)cccc32)n1. The fourth-order valence-electron chi connectivity index (χ4n) is 2.09. The van der Waals surface area contributed by atoms with Crippen molar-refractivity contribution in [3.8, 4) is 5.13 Å². The van der Waals surface area contributed by atoms with Crippen molar-refractivity contribution in [2.45, 2.75) is 20.3 Å². The standard InChI is InChI=1S/C14H13N3OS/c1-3-10-8-19-14(16-10)17-11-6-4-5-9(2)13(11)12(18)7-15-17/h4-8H,3H2,1-2H3. The van der Waals surface area contributed by atoms with Gasteiger partial charge in [0.25, 0.3) is 0 Å². The third-order valence-corrected chi connectivity index (χ3v) is 3.96. The lowest BCUT2D eigenvalue weighted by molar-refractivity contribution is 0.858. The summed E-state index contributed by atoms with van der Waals surface area (Å²) in [5, 5.41) is 7.75. The minimum absolute atomic E-state index is 0.0448. The van der Waals surface area contributed by atoms with Crippen LogP contribution in [0.2, 0.25) is 0 Å². The molecule has 0 N–H and O–H groups in total. The molecule has 0 bridgehead atoms. The summed E-state index contributed by atoms with van der Waals surface area (Å²) in [5.74, 6) is 0. The van der Waals surface area contributed by atoms with E-state index in [9.17, 15) is 4.79 Å². The molecule has 4 nitrogen and oxygen atoms in total. The van der Waals surface area contributed by atoms with Crippen LogP contribution in [0.25, 0.3) is 16.0 Å². The highest BCUT2D eigenvalue weighted by molar-refractivity contribution is 7.12. The topological polar surface area (TPSA) is 47.8 Å². The van der Waals surface area contributed by atoms with Gasteiger partial charge in [0.2, 0.25) is 10.6 Å². The van der Waals surface area contributed by atoms with Crippen LogP contribution in [-0.2, 0) is 6.42 Å². The van der Waals surface area contributed by atoms with Gasteiger partial charge in [-0.25, -0.2) is 9.67 Å². The highest BCUT2D eigenvalue weighted by Gasteiger charge is 2.10. The van der Waals surface area contributed by atoms with E-state index in [1.807, 2.05) is 30.5 Å². The van der Waals surface area contributed by atoms with E-state index in [4.69, 9.17) is 0 Å². The maximum Gasteiger partial charge on any atom is 0.211 e. The van der Waals surface area contributed by atoms with E-state index in [-0.39, 0.29) is 5.43 Å². The Morgan fingerprint density at radius 1 is 1.37 bits per heavy atom. The van der Waals surface area contributed by atoms with Crippen LogP contribution in [0.1, 0.15) is 18.2 Å². The Balaban J connectivity index is 2.33. The molecule has 2 aromatic heterocycles. The molecule has 5 heteroatoms. The second kappa shape index (κ2) is 4.59. The molecule has 0 aliphatic carbocycles. The first-order chi connectivity index (χ1) is 9.20. The molecule has 0 spiro atoms. The average molecular weight is 271 g/mol. The molecular weight excluding hydrogens is 258 g/mol. The second-order valence-electron chi connectivity index (χ2n) is 4.36. The molecular formula is C14H13N3OS. The minimum Gasteiger partial charge on any atom is -0.287 e. The monoisotopic (exact) mass is 271 g/mol. The fraction of sp³-hybridized carbons (Fsp3) is 0.214. The largest absolute Gasteiger partial charge is 0.287 e. The van der Waals surface area contributed by atoms with Crippen molar-refractivity contribution in [1.82, 2.24) is 14.8 Å². The molecule has 2 heterocycles. The van der Waals surface area contributed by atoms with Gasteiger partial charge >= 0.3 is 0 Å². The zero-order valence-electron chi connectivity index (χ0n) is 10.8. The van der Waals surface area contributed by atoms with Crippen LogP contribution in [0.5, 0.6) is 0 Å². The summed E-state index contributed by atoms with van der Waals surface area (Å²) in [6, 6.07) is 5.78. The van der Waals surface area contributed by atoms with Gasteiger partial charge in [-0.1, -0.05) is 19.1 Å². The van der Waals surface area contributed by atoms with Crippen molar-refractivity contribution in [3.63, 3.8) is 0 Å². The molecule has 0 aliphatic heterocycles. The fourth-order valence-corrected chi connectivity index (χ4v) is 2.97. The molecule has 96 valence electrons. The predicted octanol–water partition coefficient (Wildman–Crippen LogP) is 2.71. The second-order valence-corrected chi connectivity index (χ2v) is 5.20. The van der Waals surface area contributed by atoms with Crippen molar-refractivity contribution >= 4 is 22.2 Å². The van der Waals surface area contributed by atoms with Crippen molar-refractivity contribution < 1.29 is 0 Å². The summed E-state index contributed by atoms with van der Waals surface area (Å²) >= 11 is 1.54. The molecule has 0 radical (unpaired) electrons. The van der Waals surface area contributed by atoms with Crippen molar-refractivity contribution in [2.24, 2.45) is 0 Å². The number of hydrogen-bond donors (Lipinski definition) is 0. The van der Waals surface area contributed by atoms with E-state index in [1.54, 1.807) is 16.0 Å². The Labute approximate surface area is 114 Å². The summed E-state index contributed by atoms with van der Waals surface area (Å²) in [7, 11) is 0. The Bertz CT molecular complexity index is 804. The molecule has 0 amide bonds. The van der Waals surface area contributed by atoms with Crippen LogP contribution >= 0.6 is 11.3 Å². The molecule has 0 saturated carbocycles. The maximum absolute atomic E-state index is 12.0. The van der Waals surface area contributed by atoms with Gasteiger partial charge in [-0.15, -0.1) is 11.3 Å². The minimum atomic E-state index is -0.0448. The number of aromatic nitrogens is 3. The quantitative estimate of drug-likeness (QED) is 0.720. The van der Waals surface area contributed by atoms with Gasteiger partial charge in [0.05, 0.1) is 22.8 Å². The molecule has 0 atom stereocenters. The highest BCUT2D eigenvalue weighted by atomic mass is 32.1. The molecule has 0 unspecified atom stereocenters. The van der Waals surface area contributed by atoms with Crippen LogP contribution in [0.15, 0.2) is 34.6 Å². The number of hydrogen-bond acceptors (Lipinski definition) is 4. The van der Waals surface area contributed by atoms with Gasteiger partial charge in [-0.2, -0.15) is 5.10 Å². The van der Waals surface area contributed by atoms with E-state index in [0.29, 0.717) is 5.39 Å². The lowest BCUT2D eigenvalue weighted by atomic mass is 10.1. The van der Waals surface area contributed by atoms with Crippen LogP contribution in [0.4, 0.5) is 0 Å². The van der Waals surface area contributed by atoms with E-state index >= 15 is 0 Å². The Morgan fingerprint density at radius 2 is 2.21 bits per heavy atom. The predicted molar refractivity (Wildman–Crippen MR) is 77.1 cm³/mol. The van der Waals surface area contributed by atoms with E-state index in [2.05, 4.69) is 17.0 Å². The maximum atomic E-state index is 12.0. The summed E-state index contributed by atoms with van der Waals surface area (Å²) < 4.78 is 1.74. The molecule has 1 aromatic carbocycles. The van der Waals surface area contributed by atoms with E-state index in [0.717, 1.165) is 28.3 Å². The van der Waals surface area contributed by atoms with Crippen LogP contribution < -0.4 is 5.43 Å². The van der Waals surface area contributed by atoms with Crippen molar-refractivity contribution in [1.29, 1.82) is 0 Å². The number of aryl methyl sites for hydroxylation is 2. The smallest absolute Gasteiger partial charge is 0.211 e. The number of nitrogens with zero attached hydrogens (tertiary/aromatic N) is 3. The summed E-state index contributed by atoms with van der Waals surface area (Å²) in [4.78, 5) is 16.5. The van der Waals surface area contributed by atoms with Gasteiger partial charge in [0, 0.05) is 5.38 Å². The normalized spacial score (nSPS) is 11.1. The van der Waals surface area contributed by atoms with Crippen LogP contribution in [0.3, 0.4) is 0 Å². The van der Waals surface area contributed by atoms with Gasteiger partial charge in [0.1, 0.15) is 0 Å². The number of rotatable bonds is 2. The summed E-state index contributed by atoms with van der Waals surface area (Å²) in [6.45, 7) is 4.01. The summed E-state index contributed by atoms with van der Waals surface area (Å²) in [6.07, 6.45) is 2.26. The number of fused-ring (bicyclic) bond motifs is 1. The van der Waals surface area contributed by atoms with E-state index < -0.39 is 0 Å². The van der Waals surface area contributed by atoms with Gasteiger partial charge in [0.15, 0.2) is 0 Å². The highest BCUT2D eigenvalue weighted by Crippen LogP contribution is 2.20. The Morgan fingerprint density at radius 3 is 2.95 bits per heavy atom. The number of benzene rings is 1. The Kier molecular flexibility index (Phi) is 2.91. The Hall–Kier alpha value is -2.01. The molecule has 0 saturated heterocycles. The van der Waals surface area contributed by atoms with Crippen LogP contribution in [0, 0.1) is 6.92 Å². The van der Waals surface area contributed by atoms with Gasteiger partial charge in [-0.05, 0) is 25.0 Å². The average Bonchev–Trinajstić information content (AvgIpc) is 2.88. The molecule has 3 rings (SSSR count). The van der Waals surface area contributed by atoms with Crippen molar-refractivity contribution in [2.75, 3.05) is 0 Å². The lowest BCUT2D eigenvalue weighted by Crippen LogP contribution is -2.11. The van der Waals surface area contributed by atoms with Crippen molar-refractivity contribution in [3.05, 3.63) is 51.3 Å². The first-order valence-corrected chi connectivity index (χ1v) is 7.01.